The zero-order valence-corrected chi connectivity index (χ0v) is 14.0. The van der Waals surface area contributed by atoms with Gasteiger partial charge in [-0.3, -0.25) is 14.5 Å². The summed E-state index contributed by atoms with van der Waals surface area (Å²) < 4.78 is 16.0. The smallest absolute Gasteiger partial charge is 0.411 e. The summed E-state index contributed by atoms with van der Waals surface area (Å²) in [6, 6.07) is 9.36. The molecule has 2 aliphatic rings. The Bertz CT molecular complexity index is 688. The molecule has 0 aromatic heterocycles. The number of carbonyl (C=O) groups excluding carboxylic acids is 3. The van der Waals surface area contributed by atoms with Crippen LogP contribution in [0.15, 0.2) is 42.5 Å². The average molecular weight is 345 g/mol. The van der Waals surface area contributed by atoms with Crippen LogP contribution in [0.5, 0.6) is 0 Å². The number of cyclic esters (lactones) is 1. The number of esters is 2. The summed E-state index contributed by atoms with van der Waals surface area (Å²) in [7, 11) is 0. The third-order valence-corrected chi connectivity index (χ3v) is 4.37. The Morgan fingerprint density at radius 3 is 2.20 bits per heavy atom. The Balaban J connectivity index is 1.97. The monoisotopic (exact) mass is 345 g/mol. The van der Waals surface area contributed by atoms with Crippen molar-refractivity contribution in [3.05, 3.63) is 48.0 Å². The molecule has 0 N–H and O–H groups in total. The van der Waals surface area contributed by atoms with E-state index in [1.165, 1.54) is 18.7 Å². The standard InChI is InChI=1S/C18H19NO6/c1-12(20)24-15-8-9-16(25-13(2)21)18(15)11-23-17(22)19(18)10-14-6-4-3-5-7-14/h3-9,15-16H,10-11H2,1-2H3/t15-,16+,18?. The molecular weight excluding hydrogens is 326 g/mol. The van der Waals surface area contributed by atoms with E-state index < -0.39 is 35.8 Å². The Kier molecular flexibility index (Phi) is 4.48. The summed E-state index contributed by atoms with van der Waals surface area (Å²) in [5.41, 5.74) is -0.222. The summed E-state index contributed by atoms with van der Waals surface area (Å²) in [4.78, 5) is 36.9. The van der Waals surface area contributed by atoms with Crippen LogP contribution >= 0.6 is 0 Å². The molecule has 25 heavy (non-hydrogen) atoms. The van der Waals surface area contributed by atoms with Gasteiger partial charge in [-0.05, 0) is 17.7 Å². The van der Waals surface area contributed by atoms with Gasteiger partial charge in [0, 0.05) is 13.8 Å². The lowest BCUT2D eigenvalue weighted by molar-refractivity contribution is -0.160. The van der Waals surface area contributed by atoms with Crippen molar-refractivity contribution in [3.63, 3.8) is 0 Å². The van der Waals surface area contributed by atoms with Crippen molar-refractivity contribution in [1.29, 1.82) is 0 Å². The van der Waals surface area contributed by atoms with Gasteiger partial charge in [0.05, 0.1) is 6.54 Å². The number of benzene rings is 1. The van der Waals surface area contributed by atoms with Crippen molar-refractivity contribution < 1.29 is 28.6 Å². The fraction of sp³-hybridized carbons (Fsp3) is 0.389. The highest BCUT2D eigenvalue weighted by Crippen LogP contribution is 2.41. The molecule has 0 saturated carbocycles. The van der Waals surface area contributed by atoms with Gasteiger partial charge in [0.25, 0.3) is 0 Å². The first-order valence-corrected chi connectivity index (χ1v) is 7.94. The van der Waals surface area contributed by atoms with Crippen LogP contribution in [0.2, 0.25) is 0 Å². The molecule has 0 bridgehead atoms. The second-order valence-electron chi connectivity index (χ2n) is 6.06. The number of hydrogen-bond acceptors (Lipinski definition) is 6. The third kappa shape index (κ3) is 3.09. The Morgan fingerprint density at radius 2 is 1.68 bits per heavy atom. The van der Waals surface area contributed by atoms with Gasteiger partial charge in [-0.25, -0.2) is 4.79 Å². The first-order valence-electron chi connectivity index (χ1n) is 7.94. The van der Waals surface area contributed by atoms with Gasteiger partial charge in [-0.2, -0.15) is 0 Å². The topological polar surface area (TPSA) is 82.1 Å². The number of hydrogen-bond donors (Lipinski definition) is 0. The second kappa shape index (κ2) is 6.58. The highest BCUT2D eigenvalue weighted by molar-refractivity contribution is 5.74. The zero-order valence-electron chi connectivity index (χ0n) is 14.0. The molecule has 3 atom stereocenters. The van der Waals surface area contributed by atoms with Crippen LogP contribution in [0.4, 0.5) is 4.79 Å². The quantitative estimate of drug-likeness (QED) is 0.470. The molecule has 1 aliphatic carbocycles. The van der Waals surface area contributed by atoms with Gasteiger partial charge in [-0.15, -0.1) is 0 Å². The Morgan fingerprint density at radius 1 is 1.12 bits per heavy atom. The van der Waals surface area contributed by atoms with Crippen molar-refractivity contribution in [3.8, 4) is 0 Å². The maximum absolute atomic E-state index is 12.4. The van der Waals surface area contributed by atoms with Crippen LogP contribution < -0.4 is 0 Å². The average Bonchev–Trinajstić information content (AvgIpc) is 3.05. The fourth-order valence-corrected chi connectivity index (χ4v) is 3.29. The molecule has 1 aromatic carbocycles. The van der Waals surface area contributed by atoms with E-state index in [0.717, 1.165) is 5.56 Å². The molecule has 3 rings (SSSR count). The minimum atomic E-state index is -1.11. The van der Waals surface area contributed by atoms with Crippen LogP contribution in [0.1, 0.15) is 19.4 Å². The van der Waals surface area contributed by atoms with Gasteiger partial charge in [0.2, 0.25) is 0 Å². The summed E-state index contributed by atoms with van der Waals surface area (Å²) in [6.07, 6.45) is 1.21. The summed E-state index contributed by atoms with van der Waals surface area (Å²) in [5, 5.41) is 0. The number of carbonyl (C=O) groups is 3. The number of rotatable bonds is 4. The first kappa shape index (κ1) is 17.0. The molecule has 1 fully saturated rings. The highest BCUT2D eigenvalue weighted by atomic mass is 16.6. The summed E-state index contributed by atoms with van der Waals surface area (Å²) >= 11 is 0. The third-order valence-electron chi connectivity index (χ3n) is 4.37. The van der Waals surface area contributed by atoms with Crippen molar-refractivity contribution >= 4 is 18.0 Å². The SMILES string of the molecule is CC(=O)O[C@H]1C=C[C@@H](OC(C)=O)C12COC(=O)N2Cc1ccccc1. The summed E-state index contributed by atoms with van der Waals surface area (Å²) in [6.45, 7) is 2.79. The molecule has 132 valence electrons. The largest absolute Gasteiger partial charge is 0.455 e. The second-order valence-corrected chi connectivity index (χ2v) is 6.06. The summed E-state index contributed by atoms with van der Waals surface area (Å²) in [5.74, 6) is -0.979. The van der Waals surface area contributed by atoms with Crippen molar-refractivity contribution in [2.45, 2.75) is 38.1 Å². The number of amides is 1. The van der Waals surface area contributed by atoms with Crippen LogP contribution in [-0.4, -0.2) is 47.3 Å². The minimum Gasteiger partial charge on any atom is -0.455 e. The lowest BCUT2D eigenvalue weighted by Gasteiger charge is -2.39. The molecule has 1 saturated heterocycles. The number of ether oxygens (including phenoxy) is 3. The fourth-order valence-electron chi connectivity index (χ4n) is 3.29. The van der Waals surface area contributed by atoms with Gasteiger partial charge >= 0.3 is 18.0 Å². The van der Waals surface area contributed by atoms with Crippen molar-refractivity contribution in [2.24, 2.45) is 0 Å². The van der Waals surface area contributed by atoms with E-state index >= 15 is 0 Å². The lowest BCUT2D eigenvalue weighted by Crippen LogP contribution is -2.61. The predicted molar refractivity (Wildman–Crippen MR) is 86.3 cm³/mol. The van der Waals surface area contributed by atoms with Crippen LogP contribution in [0.3, 0.4) is 0 Å². The van der Waals surface area contributed by atoms with Gasteiger partial charge in [-0.1, -0.05) is 30.3 Å². The van der Waals surface area contributed by atoms with Crippen molar-refractivity contribution in [1.82, 2.24) is 4.90 Å². The van der Waals surface area contributed by atoms with E-state index in [0.29, 0.717) is 0 Å². The Labute approximate surface area is 145 Å². The minimum absolute atomic E-state index is 0.0401. The van der Waals surface area contributed by atoms with Crippen LogP contribution in [-0.2, 0) is 30.3 Å². The molecule has 0 radical (unpaired) electrons. The van der Waals surface area contributed by atoms with Gasteiger partial charge < -0.3 is 14.2 Å². The molecule has 1 spiro atoms. The van der Waals surface area contributed by atoms with Crippen LogP contribution in [0.25, 0.3) is 0 Å². The molecule has 1 unspecified atom stereocenters. The molecular formula is C18H19NO6. The van der Waals surface area contributed by atoms with E-state index in [4.69, 9.17) is 14.2 Å². The van der Waals surface area contributed by atoms with Crippen LogP contribution in [0, 0.1) is 0 Å². The van der Waals surface area contributed by atoms with E-state index in [1.54, 1.807) is 12.2 Å². The molecule has 1 heterocycles. The van der Waals surface area contributed by atoms with Gasteiger partial charge in [0.1, 0.15) is 6.61 Å². The first-order chi connectivity index (χ1) is 11.9. The molecule has 1 amide bonds. The number of nitrogens with zero attached hydrogens (tertiary/aromatic N) is 1. The van der Waals surface area contributed by atoms with E-state index in [2.05, 4.69) is 0 Å². The highest BCUT2D eigenvalue weighted by Gasteiger charge is 2.61. The lowest BCUT2D eigenvalue weighted by atomic mass is 9.90. The van der Waals surface area contributed by atoms with E-state index in [9.17, 15) is 14.4 Å². The van der Waals surface area contributed by atoms with Gasteiger partial charge in [0.15, 0.2) is 17.7 Å². The molecule has 7 heteroatoms. The Hall–Kier alpha value is -2.83. The molecule has 1 aliphatic heterocycles. The molecule has 1 aromatic rings. The van der Waals surface area contributed by atoms with E-state index in [-0.39, 0.29) is 13.2 Å². The molecule has 7 nitrogen and oxygen atoms in total. The normalized spacial score (nSPS) is 27.4. The zero-order chi connectivity index (χ0) is 18.0. The van der Waals surface area contributed by atoms with Crippen molar-refractivity contribution in [2.75, 3.05) is 6.61 Å². The predicted octanol–water partition coefficient (Wildman–Crippen LogP) is 1.81. The maximum Gasteiger partial charge on any atom is 0.411 e. The maximum atomic E-state index is 12.4. The van der Waals surface area contributed by atoms with E-state index in [1.807, 2.05) is 30.3 Å².